The molecule has 0 bridgehead atoms. The second kappa shape index (κ2) is 6.49. The molecular weight excluding hydrogens is 352 g/mol. The fourth-order valence-electron chi connectivity index (χ4n) is 3.87. The van der Waals surface area contributed by atoms with E-state index in [1.165, 1.54) is 5.56 Å². The second-order valence-electron chi connectivity index (χ2n) is 7.55. The van der Waals surface area contributed by atoms with Crippen LogP contribution in [-0.4, -0.2) is 40.4 Å². The molecule has 1 amide bonds. The van der Waals surface area contributed by atoms with Gasteiger partial charge in [0, 0.05) is 54.2 Å². The Labute approximate surface area is 163 Å². The van der Waals surface area contributed by atoms with Gasteiger partial charge in [0.25, 0.3) is 5.91 Å². The zero-order chi connectivity index (χ0) is 19.1. The number of hydrogen-bond acceptors (Lipinski definition) is 4. The number of nitrogens with zero attached hydrogens (tertiary/aromatic N) is 2. The number of aromatic amines is 1. The van der Waals surface area contributed by atoms with E-state index in [-0.39, 0.29) is 5.91 Å². The van der Waals surface area contributed by atoms with Crippen molar-refractivity contribution in [3.63, 3.8) is 0 Å². The first-order valence-corrected chi connectivity index (χ1v) is 9.59. The zero-order valence-electron chi connectivity index (χ0n) is 15.7. The molecule has 2 aromatic carbocycles. The Morgan fingerprint density at radius 3 is 2.68 bits per heavy atom. The quantitative estimate of drug-likeness (QED) is 0.722. The Morgan fingerprint density at radius 1 is 1.11 bits per heavy atom. The van der Waals surface area contributed by atoms with E-state index in [0.717, 1.165) is 27.9 Å². The van der Waals surface area contributed by atoms with Crippen molar-refractivity contribution in [1.29, 1.82) is 0 Å². The number of fused-ring (bicyclic) bond motifs is 1. The van der Waals surface area contributed by atoms with E-state index in [9.17, 15) is 4.79 Å². The van der Waals surface area contributed by atoms with Crippen LogP contribution in [0.2, 0.25) is 0 Å². The summed E-state index contributed by atoms with van der Waals surface area (Å²) < 4.78 is 0. The number of aliphatic imine (C=N–C) groups is 1. The summed E-state index contributed by atoms with van der Waals surface area (Å²) >= 11 is 0. The Bertz CT molecular complexity index is 1060. The third-order valence-electron chi connectivity index (χ3n) is 5.61. The van der Waals surface area contributed by atoms with E-state index < -0.39 is 5.72 Å². The van der Waals surface area contributed by atoms with Crippen LogP contribution in [0.25, 0.3) is 10.9 Å². The number of carbonyl (C=O) groups is 1. The number of aryl methyl sites for hydroxylation is 1. The minimum absolute atomic E-state index is 0.0617. The number of likely N-dealkylation sites (tertiary alicyclic amines) is 1. The minimum Gasteiger partial charge on any atom is -0.361 e. The van der Waals surface area contributed by atoms with Gasteiger partial charge in [-0.25, -0.2) is 15.3 Å². The summed E-state index contributed by atoms with van der Waals surface area (Å²) in [7, 11) is 0. The highest BCUT2D eigenvalue weighted by Gasteiger charge is 2.41. The van der Waals surface area contributed by atoms with Crippen LogP contribution >= 0.6 is 0 Å². The minimum atomic E-state index is -0.582. The average molecular weight is 374 g/mol. The summed E-state index contributed by atoms with van der Waals surface area (Å²) in [6, 6.07) is 16.0. The SMILES string of the molecule is Cc1ccc(C2=NC3(CCN(C(=O)c4ccc5[nH]ccc5c4)CC3)ON2)cc1. The molecule has 0 saturated carbocycles. The van der Waals surface area contributed by atoms with Gasteiger partial charge in [0.1, 0.15) is 0 Å². The number of rotatable bonds is 2. The first-order chi connectivity index (χ1) is 13.6. The summed E-state index contributed by atoms with van der Waals surface area (Å²) in [5, 5.41) is 1.05. The lowest BCUT2D eigenvalue weighted by Crippen LogP contribution is -2.46. The van der Waals surface area contributed by atoms with Gasteiger partial charge in [0.2, 0.25) is 0 Å². The summed E-state index contributed by atoms with van der Waals surface area (Å²) in [5.41, 5.74) is 6.39. The third-order valence-corrected chi connectivity index (χ3v) is 5.61. The predicted molar refractivity (Wildman–Crippen MR) is 108 cm³/mol. The van der Waals surface area contributed by atoms with Gasteiger partial charge in [-0.05, 0) is 31.2 Å². The lowest BCUT2D eigenvalue weighted by molar-refractivity contribution is -0.0849. The number of piperidine rings is 1. The van der Waals surface area contributed by atoms with Crippen molar-refractivity contribution >= 4 is 22.6 Å². The maximum absolute atomic E-state index is 12.9. The normalized spacial score (nSPS) is 18.3. The summed E-state index contributed by atoms with van der Waals surface area (Å²) in [5.74, 6) is 0.823. The summed E-state index contributed by atoms with van der Waals surface area (Å²) in [6.07, 6.45) is 3.23. The number of amidine groups is 1. The molecule has 0 unspecified atom stereocenters. The number of H-pyrrole nitrogens is 1. The lowest BCUT2D eigenvalue weighted by atomic mass is 10.00. The number of carbonyl (C=O) groups excluding carboxylic acids is 1. The maximum Gasteiger partial charge on any atom is 0.253 e. The molecule has 2 aliphatic heterocycles. The smallest absolute Gasteiger partial charge is 0.253 e. The molecule has 6 nitrogen and oxygen atoms in total. The average Bonchev–Trinajstić information content (AvgIpc) is 3.35. The first-order valence-electron chi connectivity index (χ1n) is 9.59. The van der Waals surface area contributed by atoms with Crippen molar-refractivity contribution in [2.75, 3.05) is 13.1 Å². The molecule has 142 valence electrons. The molecule has 2 N–H and O–H groups in total. The molecule has 3 aromatic rings. The standard InChI is InChI=1S/C22H22N4O2/c1-15-2-4-16(5-3-15)20-24-22(28-25-20)9-12-26(13-10-22)21(27)18-6-7-19-17(14-18)8-11-23-19/h2-8,11,14,23H,9-10,12-13H2,1H3,(H,24,25). The van der Waals surface area contributed by atoms with Crippen LogP contribution in [0.5, 0.6) is 0 Å². The maximum atomic E-state index is 12.9. The Balaban J connectivity index is 1.29. The highest BCUT2D eigenvalue weighted by molar-refractivity contribution is 5.99. The summed E-state index contributed by atoms with van der Waals surface area (Å²) in [6.45, 7) is 3.30. The largest absolute Gasteiger partial charge is 0.361 e. The molecule has 6 heteroatoms. The van der Waals surface area contributed by atoms with Gasteiger partial charge in [-0.15, -0.1) is 0 Å². The molecule has 0 aliphatic carbocycles. The van der Waals surface area contributed by atoms with E-state index in [0.29, 0.717) is 25.9 Å². The fourth-order valence-corrected chi connectivity index (χ4v) is 3.87. The third kappa shape index (κ3) is 2.96. The molecule has 28 heavy (non-hydrogen) atoms. The van der Waals surface area contributed by atoms with Crippen molar-refractivity contribution in [2.45, 2.75) is 25.5 Å². The van der Waals surface area contributed by atoms with Gasteiger partial charge in [-0.1, -0.05) is 29.8 Å². The number of benzene rings is 2. The van der Waals surface area contributed by atoms with Crippen molar-refractivity contribution in [3.8, 4) is 0 Å². The Hall–Kier alpha value is -3.12. The summed E-state index contributed by atoms with van der Waals surface area (Å²) in [4.78, 5) is 28.6. The van der Waals surface area contributed by atoms with Crippen molar-refractivity contribution in [3.05, 3.63) is 71.4 Å². The van der Waals surface area contributed by atoms with Gasteiger partial charge in [-0.2, -0.15) is 0 Å². The Morgan fingerprint density at radius 2 is 1.89 bits per heavy atom. The van der Waals surface area contributed by atoms with E-state index in [1.54, 1.807) is 0 Å². The second-order valence-corrected chi connectivity index (χ2v) is 7.55. The molecule has 0 atom stereocenters. The van der Waals surface area contributed by atoms with Gasteiger partial charge < -0.3 is 9.88 Å². The zero-order valence-corrected chi connectivity index (χ0v) is 15.7. The first kappa shape index (κ1) is 17.0. The van der Waals surface area contributed by atoms with E-state index in [1.807, 2.05) is 47.5 Å². The number of amides is 1. The molecule has 5 rings (SSSR count). The molecule has 1 fully saturated rings. The molecule has 1 spiro atoms. The van der Waals surface area contributed by atoms with Crippen LogP contribution in [0.4, 0.5) is 0 Å². The van der Waals surface area contributed by atoms with Crippen LogP contribution in [-0.2, 0) is 4.84 Å². The molecule has 0 radical (unpaired) electrons. The number of nitrogens with one attached hydrogen (secondary N) is 2. The van der Waals surface area contributed by atoms with Crippen LogP contribution in [0.15, 0.2) is 59.7 Å². The predicted octanol–water partition coefficient (Wildman–Crippen LogP) is 3.39. The van der Waals surface area contributed by atoms with Gasteiger partial charge in [-0.3, -0.25) is 4.79 Å². The van der Waals surface area contributed by atoms with Crippen molar-refractivity contribution in [2.24, 2.45) is 4.99 Å². The van der Waals surface area contributed by atoms with E-state index in [2.05, 4.69) is 29.5 Å². The number of aromatic nitrogens is 1. The monoisotopic (exact) mass is 374 g/mol. The molecule has 3 heterocycles. The van der Waals surface area contributed by atoms with E-state index >= 15 is 0 Å². The molecule has 1 saturated heterocycles. The van der Waals surface area contributed by atoms with Crippen LogP contribution in [0.1, 0.15) is 34.3 Å². The molecule has 2 aliphatic rings. The van der Waals surface area contributed by atoms with E-state index in [4.69, 9.17) is 9.83 Å². The highest BCUT2D eigenvalue weighted by Crippen LogP contribution is 2.32. The van der Waals surface area contributed by atoms with Crippen LogP contribution < -0.4 is 5.48 Å². The highest BCUT2D eigenvalue weighted by atomic mass is 16.7. The van der Waals surface area contributed by atoms with Gasteiger partial charge >= 0.3 is 0 Å². The van der Waals surface area contributed by atoms with Crippen molar-refractivity contribution < 1.29 is 9.63 Å². The van der Waals surface area contributed by atoms with Crippen LogP contribution in [0.3, 0.4) is 0 Å². The molecule has 1 aromatic heterocycles. The Kier molecular flexibility index (Phi) is 3.94. The van der Waals surface area contributed by atoms with Gasteiger partial charge in [0.15, 0.2) is 11.6 Å². The lowest BCUT2D eigenvalue weighted by Gasteiger charge is -2.35. The van der Waals surface area contributed by atoms with Gasteiger partial charge in [0.05, 0.1) is 0 Å². The topological polar surface area (TPSA) is 69.7 Å². The number of hydrogen-bond donors (Lipinski definition) is 2. The molecular formula is C22H22N4O2. The fraction of sp³-hybridized carbons (Fsp3) is 0.273. The van der Waals surface area contributed by atoms with Crippen molar-refractivity contribution in [1.82, 2.24) is 15.4 Å². The number of hydroxylamine groups is 1. The van der Waals surface area contributed by atoms with Crippen LogP contribution in [0, 0.1) is 6.92 Å².